The van der Waals surface area contributed by atoms with Crippen LogP contribution in [0.25, 0.3) is 0 Å². The number of ether oxygens (including phenoxy) is 2. The normalized spacial score (nSPS) is 16.6. The van der Waals surface area contributed by atoms with E-state index < -0.39 is 5.41 Å². The third-order valence-corrected chi connectivity index (χ3v) is 5.52. The number of hydrogen-bond acceptors (Lipinski definition) is 3. The molecule has 0 saturated heterocycles. The van der Waals surface area contributed by atoms with Crippen molar-refractivity contribution in [2.45, 2.75) is 44.1 Å². The van der Waals surface area contributed by atoms with Crippen LogP contribution in [0.2, 0.25) is 0 Å². The topological polar surface area (TPSA) is 47.6 Å². The van der Waals surface area contributed by atoms with Gasteiger partial charge in [0.25, 0.3) is 0 Å². The van der Waals surface area contributed by atoms with Gasteiger partial charge in [-0.3, -0.25) is 4.79 Å². The lowest BCUT2D eigenvalue weighted by molar-refractivity contribution is -0.127. The summed E-state index contributed by atoms with van der Waals surface area (Å²) < 4.78 is 24.5. The summed E-state index contributed by atoms with van der Waals surface area (Å²) in [6, 6.07) is 11.7. The molecule has 1 atom stereocenters. The Balaban J connectivity index is 1.89. The van der Waals surface area contributed by atoms with E-state index in [1.54, 1.807) is 20.3 Å². The highest BCUT2D eigenvalue weighted by atomic mass is 19.1. The molecule has 2 aromatic rings. The van der Waals surface area contributed by atoms with Crippen molar-refractivity contribution >= 4 is 5.91 Å². The zero-order chi connectivity index (χ0) is 19.4. The number of methoxy groups -OCH3 is 2. The number of rotatable bonds is 6. The average molecular weight is 371 g/mol. The van der Waals surface area contributed by atoms with Crippen LogP contribution in [0.1, 0.15) is 49.8 Å². The molecule has 1 saturated carbocycles. The Bertz CT molecular complexity index is 815. The van der Waals surface area contributed by atoms with Gasteiger partial charge in [-0.1, -0.05) is 25.0 Å². The fraction of sp³-hybridized carbons (Fsp3) is 0.409. The van der Waals surface area contributed by atoms with Crippen LogP contribution in [0.15, 0.2) is 42.5 Å². The molecule has 3 rings (SSSR count). The van der Waals surface area contributed by atoms with Crippen LogP contribution in [0.3, 0.4) is 0 Å². The number of carbonyl (C=O) groups is 1. The second kappa shape index (κ2) is 7.99. The van der Waals surface area contributed by atoms with Gasteiger partial charge in [0.05, 0.1) is 25.7 Å². The maximum Gasteiger partial charge on any atom is 0.231 e. The van der Waals surface area contributed by atoms with E-state index in [4.69, 9.17) is 9.47 Å². The molecular formula is C22H26FNO3. The van der Waals surface area contributed by atoms with E-state index in [1.165, 1.54) is 12.1 Å². The second-order valence-corrected chi connectivity index (χ2v) is 7.10. The molecule has 1 aliphatic rings. The predicted molar refractivity (Wildman–Crippen MR) is 103 cm³/mol. The highest BCUT2D eigenvalue weighted by Crippen LogP contribution is 2.42. The van der Waals surface area contributed by atoms with Gasteiger partial charge in [0.1, 0.15) is 17.3 Å². The SMILES string of the molecule is COc1ccc(OC)c(C(C)NC(=O)C2(c3cccc(F)c3)CCCC2)c1. The van der Waals surface area contributed by atoms with Gasteiger partial charge in [0.15, 0.2) is 0 Å². The van der Waals surface area contributed by atoms with Gasteiger partial charge < -0.3 is 14.8 Å². The Labute approximate surface area is 159 Å². The lowest BCUT2D eigenvalue weighted by Crippen LogP contribution is -2.43. The van der Waals surface area contributed by atoms with Crippen LogP contribution in [0, 0.1) is 5.82 Å². The summed E-state index contributed by atoms with van der Waals surface area (Å²) in [5.74, 6) is 1.01. The lowest BCUT2D eigenvalue weighted by Gasteiger charge is -2.30. The molecule has 1 N–H and O–H groups in total. The number of nitrogens with one attached hydrogen (secondary N) is 1. The highest BCUT2D eigenvalue weighted by molar-refractivity contribution is 5.89. The van der Waals surface area contributed by atoms with E-state index in [-0.39, 0.29) is 17.8 Å². The fourth-order valence-corrected chi connectivity index (χ4v) is 4.00. The molecule has 0 spiro atoms. The summed E-state index contributed by atoms with van der Waals surface area (Å²) in [5, 5.41) is 3.13. The molecule has 0 radical (unpaired) electrons. The van der Waals surface area contributed by atoms with Crippen LogP contribution in [0.4, 0.5) is 4.39 Å². The molecule has 4 nitrogen and oxygen atoms in total. The van der Waals surface area contributed by atoms with Crippen LogP contribution in [-0.2, 0) is 10.2 Å². The van der Waals surface area contributed by atoms with Crippen LogP contribution in [0.5, 0.6) is 11.5 Å². The molecular weight excluding hydrogens is 345 g/mol. The van der Waals surface area contributed by atoms with Crippen molar-refractivity contribution < 1.29 is 18.7 Å². The van der Waals surface area contributed by atoms with Gasteiger partial charge in [0, 0.05) is 5.56 Å². The van der Waals surface area contributed by atoms with E-state index in [1.807, 2.05) is 31.2 Å². The Morgan fingerprint density at radius 2 is 1.85 bits per heavy atom. The first kappa shape index (κ1) is 19.2. The van der Waals surface area contributed by atoms with Crippen LogP contribution in [-0.4, -0.2) is 20.1 Å². The van der Waals surface area contributed by atoms with Crippen molar-refractivity contribution in [3.8, 4) is 11.5 Å². The van der Waals surface area contributed by atoms with Gasteiger partial charge in [0.2, 0.25) is 5.91 Å². The van der Waals surface area contributed by atoms with Crippen molar-refractivity contribution in [3.05, 3.63) is 59.4 Å². The second-order valence-electron chi connectivity index (χ2n) is 7.10. The number of carbonyl (C=O) groups excluding carboxylic acids is 1. The summed E-state index contributed by atoms with van der Waals surface area (Å²) in [6.45, 7) is 1.92. The summed E-state index contributed by atoms with van der Waals surface area (Å²) in [4.78, 5) is 13.3. The minimum atomic E-state index is -0.678. The van der Waals surface area contributed by atoms with Crippen molar-refractivity contribution in [2.24, 2.45) is 0 Å². The number of amides is 1. The first-order chi connectivity index (χ1) is 13.0. The first-order valence-electron chi connectivity index (χ1n) is 9.29. The van der Waals surface area contributed by atoms with E-state index >= 15 is 0 Å². The van der Waals surface area contributed by atoms with Crippen molar-refractivity contribution in [1.29, 1.82) is 0 Å². The van der Waals surface area contributed by atoms with Gasteiger partial charge >= 0.3 is 0 Å². The zero-order valence-electron chi connectivity index (χ0n) is 16.0. The van der Waals surface area contributed by atoms with Crippen molar-refractivity contribution in [3.63, 3.8) is 0 Å². The minimum absolute atomic E-state index is 0.0667. The van der Waals surface area contributed by atoms with E-state index in [0.717, 1.165) is 36.8 Å². The molecule has 2 aromatic carbocycles. The van der Waals surface area contributed by atoms with E-state index in [2.05, 4.69) is 5.32 Å². The molecule has 144 valence electrons. The van der Waals surface area contributed by atoms with Crippen molar-refractivity contribution in [2.75, 3.05) is 14.2 Å². The third-order valence-electron chi connectivity index (χ3n) is 5.52. The molecule has 1 amide bonds. The number of halogens is 1. The van der Waals surface area contributed by atoms with Gasteiger partial charge in [-0.2, -0.15) is 0 Å². The van der Waals surface area contributed by atoms with Gasteiger partial charge in [-0.15, -0.1) is 0 Å². The smallest absolute Gasteiger partial charge is 0.231 e. The minimum Gasteiger partial charge on any atom is -0.497 e. The molecule has 0 heterocycles. The first-order valence-corrected chi connectivity index (χ1v) is 9.29. The van der Waals surface area contributed by atoms with Crippen LogP contribution < -0.4 is 14.8 Å². The summed E-state index contributed by atoms with van der Waals surface area (Å²) >= 11 is 0. The van der Waals surface area contributed by atoms with E-state index in [9.17, 15) is 9.18 Å². The number of hydrogen-bond donors (Lipinski definition) is 1. The summed E-state index contributed by atoms with van der Waals surface area (Å²) in [7, 11) is 3.21. The maximum absolute atomic E-state index is 13.8. The Kier molecular flexibility index (Phi) is 5.68. The highest BCUT2D eigenvalue weighted by Gasteiger charge is 2.43. The predicted octanol–water partition coefficient (Wildman–Crippen LogP) is 4.53. The van der Waals surface area contributed by atoms with E-state index in [0.29, 0.717) is 11.5 Å². The lowest BCUT2D eigenvalue weighted by atomic mass is 9.77. The quantitative estimate of drug-likeness (QED) is 0.811. The average Bonchev–Trinajstić information content (AvgIpc) is 3.18. The standard InChI is InChI=1S/C22H26FNO3/c1-15(19-14-18(26-2)9-10-20(19)27-3)24-21(25)22(11-4-5-12-22)16-7-6-8-17(23)13-16/h6-10,13-15H,4-5,11-12H2,1-3H3,(H,24,25). The molecule has 0 aliphatic heterocycles. The molecule has 5 heteroatoms. The molecule has 0 aromatic heterocycles. The van der Waals surface area contributed by atoms with Crippen LogP contribution >= 0.6 is 0 Å². The summed E-state index contributed by atoms with van der Waals surface area (Å²) in [5.41, 5.74) is 0.919. The molecule has 1 unspecified atom stereocenters. The fourth-order valence-electron chi connectivity index (χ4n) is 4.00. The molecule has 1 aliphatic carbocycles. The monoisotopic (exact) mass is 371 g/mol. The molecule has 1 fully saturated rings. The van der Waals surface area contributed by atoms with Gasteiger partial charge in [-0.05, 0) is 55.7 Å². The maximum atomic E-state index is 13.8. The number of benzene rings is 2. The Morgan fingerprint density at radius 1 is 1.11 bits per heavy atom. The molecule has 0 bridgehead atoms. The Hall–Kier alpha value is -2.56. The van der Waals surface area contributed by atoms with Crippen molar-refractivity contribution in [1.82, 2.24) is 5.32 Å². The third kappa shape index (κ3) is 3.77. The Morgan fingerprint density at radius 3 is 2.48 bits per heavy atom. The summed E-state index contributed by atoms with van der Waals surface area (Å²) in [6.07, 6.45) is 3.37. The largest absolute Gasteiger partial charge is 0.497 e. The zero-order valence-corrected chi connectivity index (χ0v) is 16.0. The van der Waals surface area contributed by atoms with Gasteiger partial charge in [-0.25, -0.2) is 4.39 Å². The molecule has 27 heavy (non-hydrogen) atoms.